The van der Waals surface area contributed by atoms with Crippen molar-refractivity contribution in [1.82, 2.24) is 0 Å². The first kappa shape index (κ1) is 22.6. The van der Waals surface area contributed by atoms with Gasteiger partial charge in [-0.3, -0.25) is 0 Å². The Bertz CT molecular complexity index is 585. The van der Waals surface area contributed by atoms with Crippen molar-refractivity contribution in [1.29, 1.82) is 0 Å². The molecule has 1 unspecified atom stereocenters. The average Bonchev–Trinajstić information content (AvgIpc) is 2.78. The fourth-order valence-electron chi connectivity index (χ4n) is 5.75. The summed E-state index contributed by atoms with van der Waals surface area (Å²) in [6, 6.07) is 9.45. The minimum atomic E-state index is 0.994. The highest BCUT2D eigenvalue weighted by Crippen LogP contribution is 2.41. The number of aryl methyl sites for hydroxylation is 2. The van der Waals surface area contributed by atoms with E-state index in [4.69, 9.17) is 0 Å². The summed E-state index contributed by atoms with van der Waals surface area (Å²) in [6.07, 6.45) is 25.1. The molecule has 0 aliphatic heterocycles. The SMILES string of the molecule is CCCCCC1CCC(C2CC=C(CCc3ccc(CCCC)cc3)CC2)CC1. The first-order chi connectivity index (χ1) is 14.3. The third-order valence-corrected chi connectivity index (χ3v) is 7.90. The molecule has 29 heavy (non-hydrogen) atoms. The summed E-state index contributed by atoms with van der Waals surface area (Å²) in [5.41, 5.74) is 4.77. The van der Waals surface area contributed by atoms with E-state index in [0.29, 0.717) is 0 Å². The Morgan fingerprint density at radius 1 is 0.690 bits per heavy atom. The highest BCUT2D eigenvalue weighted by atomic mass is 14.3. The fraction of sp³-hybridized carbons (Fsp3) is 0.724. The molecule has 0 nitrogen and oxygen atoms in total. The van der Waals surface area contributed by atoms with Gasteiger partial charge in [0.25, 0.3) is 0 Å². The molecular formula is C29H46. The van der Waals surface area contributed by atoms with Crippen molar-refractivity contribution in [2.75, 3.05) is 0 Å². The summed E-state index contributed by atoms with van der Waals surface area (Å²) in [7, 11) is 0. The summed E-state index contributed by atoms with van der Waals surface area (Å²) >= 11 is 0. The number of unbranched alkanes of at least 4 members (excludes halogenated alkanes) is 3. The van der Waals surface area contributed by atoms with Crippen molar-refractivity contribution in [2.24, 2.45) is 17.8 Å². The van der Waals surface area contributed by atoms with Gasteiger partial charge in [-0.2, -0.15) is 0 Å². The van der Waals surface area contributed by atoms with Gasteiger partial charge in [0, 0.05) is 0 Å². The van der Waals surface area contributed by atoms with Crippen LogP contribution in [0.1, 0.15) is 115 Å². The Labute approximate surface area is 181 Å². The monoisotopic (exact) mass is 394 g/mol. The molecule has 1 saturated carbocycles. The van der Waals surface area contributed by atoms with Crippen molar-refractivity contribution in [3.8, 4) is 0 Å². The molecule has 2 aliphatic rings. The first-order valence-electron chi connectivity index (χ1n) is 13.0. The van der Waals surface area contributed by atoms with Crippen LogP contribution in [0.2, 0.25) is 0 Å². The molecule has 2 aliphatic carbocycles. The van der Waals surface area contributed by atoms with E-state index < -0.39 is 0 Å². The second-order valence-electron chi connectivity index (χ2n) is 10.1. The minimum Gasteiger partial charge on any atom is -0.0850 e. The molecule has 162 valence electrons. The predicted molar refractivity (Wildman–Crippen MR) is 128 cm³/mol. The van der Waals surface area contributed by atoms with E-state index in [2.05, 4.69) is 44.2 Å². The molecule has 0 radical (unpaired) electrons. The van der Waals surface area contributed by atoms with E-state index in [1.165, 1.54) is 114 Å². The lowest BCUT2D eigenvalue weighted by atomic mass is 9.70. The molecule has 3 rings (SSSR count). The molecule has 0 saturated heterocycles. The molecule has 1 fully saturated rings. The molecule has 1 atom stereocenters. The maximum absolute atomic E-state index is 2.64. The Kier molecular flexibility index (Phi) is 9.84. The number of benzene rings is 1. The Hall–Kier alpha value is -1.04. The van der Waals surface area contributed by atoms with E-state index in [-0.39, 0.29) is 0 Å². The number of hydrogen-bond acceptors (Lipinski definition) is 0. The summed E-state index contributed by atoms with van der Waals surface area (Å²) in [6.45, 7) is 4.60. The maximum atomic E-state index is 2.64. The third-order valence-electron chi connectivity index (χ3n) is 7.90. The molecule has 0 spiro atoms. The van der Waals surface area contributed by atoms with Crippen LogP contribution in [0.15, 0.2) is 35.9 Å². The van der Waals surface area contributed by atoms with Gasteiger partial charge in [0.15, 0.2) is 0 Å². The average molecular weight is 395 g/mol. The van der Waals surface area contributed by atoms with Crippen LogP contribution in [0.5, 0.6) is 0 Å². The Morgan fingerprint density at radius 2 is 1.38 bits per heavy atom. The molecule has 0 N–H and O–H groups in total. The summed E-state index contributed by atoms with van der Waals surface area (Å²) < 4.78 is 0. The van der Waals surface area contributed by atoms with E-state index in [1.54, 1.807) is 5.57 Å². The largest absolute Gasteiger partial charge is 0.0850 e. The maximum Gasteiger partial charge on any atom is -0.0241 e. The molecule has 0 aromatic heterocycles. The van der Waals surface area contributed by atoms with Crippen molar-refractivity contribution in [2.45, 2.75) is 117 Å². The summed E-state index contributed by atoms with van der Waals surface area (Å²) in [5, 5.41) is 0. The van der Waals surface area contributed by atoms with E-state index in [9.17, 15) is 0 Å². The predicted octanol–water partition coefficient (Wildman–Crippen LogP) is 9.08. The van der Waals surface area contributed by atoms with Crippen LogP contribution >= 0.6 is 0 Å². The standard InChI is InChI=1S/C29H46/c1-3-5-7-9-25-16-20-28(21-17-25)29-22-18-27(19-23-29)15-14-26-12-10-24(11-13-26)8-6-4-2/h10-13,18,25,28-29H,3-9,14-17,19-23H2,1-2H3. The lowest BCUT2D eigenvalue weighted by molar-refractivity contribution is 0.185. The molecular weight excluding hydrogens is 348 g/mol. The third kappa shape index (κ3) is 7.62. The molecule has 0 amide bonds. The fourth-order valence-corrected chi connectivity index (χ4v) is 5.75. The van der Waals surface area contributed by atoms with Gasteiger partial charge in [-0.1, -0.05) is 94.7 Å². The lowest BCUT2D eigenvalue weighted by Crippen LogP contribution is -2.23. The molecule has 1 aromatic carbocycles. The summed E-state index contributed by atoms with van der Waals surface area (Å²) in [4.78, 5) is 0. The first-order valence-corrected chi connectivity index (χ1v) is 13.0. The van der Waals surface area contributed by atoms with Crippen LogP contribution in [0.4, 0.5) is 0 Å². The normalized spacial score (nSPS) is 25.0. The lowest BCUT2D eigenvalue weighted by Gasteiger charge is -2.35. The number of allylic oxidation sites excluding steroid dienone is 2. The van der Waals surface area contributed by atoms with E-state index in [1.807, 2.05) is 0 Å². The van der Waals surface area contributed by atoms with Gasteiger partial charge in [-0.25, -0.2) is 0 Å². The molecule has 0 heterocycles. The zero-order valence-electron chi connectivity index (χ0n) is 19.4. The van der Waals surface area contributed by atoms with Crippen LogP contribution in [0, 0.1) is 17.8 Å². The van der Waals surface area contributed by atoms with Crippen molar-refractivity contribution in [3.63, 3.8) is 0 Å². The second-order valence-corrected chi connectivity index (χ2v) is 10.1. The van der Waals surface area contributed by atoms with E-state index >= 15 is 0 Å². The second kappa shape index (κ2) is 12.6. The highest BCUT2D eigenvalue weighted by molar-refractivity contribution is 5.24. The van der Waals surface area contributed by atoms with Gasteiger partial charge in [0.2, 0.25) is 0 Å². The Morgan fingerprint density at radius 3 is 2.00 bits per heavy atom. The van der Waals surface area contributed by atoms with Gasteiger partial charge < -0.3 is 0 Å². The van der Waals surface area contributed by atoms with E-state index in [0.717, 1.165) is 17.8 Å². The van der Waals surface area contributed by atoms with Crippen LogP contribution in [-0.2, 0) is 12.8 Å². The van der Waals surface area contributed by atoms with Gasteiger partial charge in [-0.05, 0) is 86.7 Å². The van der Waals surface area contributed by atoms with Gasteiger partial charge in [-0.15, -0.1) is 0 Å². The van der Waals surface area contributed by atoms with Gasteiger partial charge in [0.05, 0.1) is 0 Å². The Balaban J connectivity index is 1.35. The minimum absolute atomic E-state index is 0.994. The van der Waals surface area contributed by atoms with Crippen LogP contribution in [0.25, 0.3) is 0 Å². The summed E-state index contributed by atoms with van der Waals surface area (Å²) in [5.74, 6) is 3.08. The topological polar surface area (TPSA) is 0 Å². The zero-order chi connectivity index (χ0) is 20.3. The van der Waals surface area contributed by atoms with Crippen molar-refractivity contribution < 1.29 is 0 Å². The van der Waals surface area contributed by atoms with Crippen LogP contribution in [0.3, 0.4) is 0 Å². The number of hydrogen-bond donors (Lipinski definition) is 0. The number of rotatable bonds is 11. The van der Waals surface area contributed by atoms with Gasteiger partial charge >= 0.3 is 0 Å². The van der Waals surface area contributed by atoms with Crippen LogP contribution < -0.4 is 0 Å². The van der Waals surface area contributed by atoms with Crippen LogP contribution in [-0.4, -0.2) is 0 Å². The molecule has 0 bridgehead atoms. The molecule has 1 aromatic rings. The zero-order valence-corrected chi connectivity index (χ0v) is 19.4. The van der Waals surface area contributed by atoms with Gasteiger partial charge in [0.1, 0.15) is 0 Å². The smallest absolute Gasteiger partial charge is 0.0241 e. The highest BCUT2D eigenvalue weighted by Gasteiger charge is 2.28. The van der Waals surface area contributed by atoms with Crippen molar-refractivity contribution in [3.05, 3.63) is 47.0 Å². The van der Waals surface area contributed by atoms with Crippen molar-refractivity contribution >= 4 is 0 Å². The quantitative estimate of drug-likeness (QED) is 0.259. The molecule has 0 heteroatoms.